The first-order valence-electron chi connectivity index (χ1n) is 6.26. The van der Waals surface area contributed by atoms with Crippen LogP contribution >= 0.6 is 0 Å². The number of benzene rings is 1. The molecule has 0 saturated heterocycles. The van der Waals surface area contributed by atoms with Gasteiger partial charge in [-0.1, -0.05) is 19.9 Å². The molecule has 0 spiro atoms. The van der Waals surface area contributed by atoms with Gasteiger partial charge in [0.15, 0.2) is 0 Å². The van der Waals surface area contributed by atoms with Crippen molar-refractivity contribution < 1.29 is 9.90 Å². The molecule has 0 amide bonds. The molecule has 96 valence electrons. The average molecular weight is 246 g/mol. The van der Waals surface area contributed by atoms with Gasteiger partial charge in [0.25, 0.3) is 0 Å². The molecule has 1 heterocycles. The second kappa shape index (κ2) is 5.21. The molecule has 0 aliphatic carbocycles. The summed E-state index contributed by atoms with van der Waals surface area (Å²) in [6.07, 6.45) is 1.48. The van der Waals surface area contributed by atoms with Gasteiger partial charge in [-0.2, -0.15) is 0 Å². The fourth-order valence-electron chi connectivity index (χ4n) is 1.96. The number of rotatable bonds is 5. The number of H-pyrrole nitrogens is 1. The molecule has 1 aromatic carbocycles. The molecular formula is C14H18N2O2. The number of hydrogen-bond donors (Lipinski definition) is 2. The van der Waals surface area contributed by atoms with E-state index in [2.05, 4.69) is 35.9 Å². The van der Waals surface area contributed by atoms with Gasteiger partial charge < -0.3 is 10.1 Å². The molecule has 2 aromatic rings. The number of hydrogen-bond acceptors (Lipinski definition) is 2. The van der Waals surface area contributed by atoms with Crippen molar-refractivity contribution in [2.24, 2.45) is 0 Å². The number of fused-ring (bicyclic) bond motifs is 1. The van der Waals surface area contributed by atoms with Gasteiger partial charge in [0.05, 0.1) is 11.0 Å². The number of carboxylic acids is 1. The maximum atomic E-state index is 10.5. The number of nitrogens with one attached hydrogen (secondary N) is 1. The van der Waals surface area contributed by atoms with Crippen LogP contribution in [0.3, 0.4) is 0 Å². The van der Waals surface area contributed by atoms with E-state index < -0.39 is 5.97 Å². The molecule has 0 aliphatic rings. The third-order valence-electron chi connectivity index (χ3n) is 3.03. The lowest BCUT2D eigenvalue weighted by Gasteiger charge is -2.03. The van der Waals surface area contributed by atoms with Crippen molar-refractivity contribution in [2.45, 2.75) is 39.0 Å². The number of aromatic nitrogens is 2. The maximum absolute atomic E-state index is 10.5. The monoisotopic (exact) mass is 246 g/mol. The molecule has 1 aromatic heterocycles. The number of aryl methyl sites for hydroxylation is 1. The quantitative estimate of drug-likeness (QED) is 0.852. The predicted molar refractivity (Wildman–Crippen MR) is 70.8 cm³/mol. The van der Waals surface area contributed by atoms with Crippen molar-refractivity contribution in [1.82, 2.24) is 9.97 Å². The van der Waals surface area contributed by atoms with Crippen LogP contribution in [0.4, 0.5) is 0 Å². The van der Waals surface area contributed by atoms with Crippen LogP contribution in [-0.4, -0.2) is 21.0 Å². The van der Waals surface area contributed by atoms with Crippen molar-refractivity contribution in [3.05, 3.63) is 29.6 Å². The van der Waals surface area contributed by atoms with Gasteiger partial charge >= 0.3 is 5.97 Å². The van der Waals surface area contributed by atoms with Gasteiger partial charge in [-0.05, 0) is 30.0 Å². The van der Waals surface area contributed by atoms with Crippen LogP contribution in [0.5, 0.6) is 0 Å². The van der Waals surface area contributed by atoms with Crippen molar-refractivity contribution in [2.75, 3.05) is 0 Å². The first-order valence-corrected chi connectivity index (χ1v) is 6.26. The van der Waals surface area contributed by atoms with Crippen LogP contribution in [-0.2, 0) is 11.2 Å². The second-order valence-corrected chi connectivity index (χ2v) is 4.86. The van der Waals surface area contributed by atoms with E-state index in [1.807, 2.05) is 6.07 Å². The smallest absolute Gasteiger partial charge is 0.303 e. The van der Waals surface area contributed by atoms with E-state index in [1.165, 1.54) is 5.56 Å². The fraction of sp³-hybridized carbons (Fsp3) is 0.429. The van der Waals surface area contributed by atoms with E-state index in [4.69, 9.17) is 5.11 Å². The van der Waals surface area contributed by atoms with Gasteiger partial charge in [0.1, 0.15) is 5.82 Å². The lowest BCUT2D eigenvalue weighted by Crippen LogP contribution is -1.96. The number of imidazole rings is 1. The number of carbonyl (C=O) groups is 1. The van der Waals surface area contributed by atoms with Crippen LogP contribution in [0.2, 0.25) is 0 Å². The number of nitrogens with zero attached hydrogens (tertiary/aromatic N) is 1. The van der Waals surface area contributed by atoms with Crippen LogP contribution in [0, 0.1) is 0 Å². The second-order valence-electron chi connectivity index (χ2n) is 4.86. The topological polar surface area (TPSA) is 66.0 Å². The Kier molecular flexibility index (Phi) is 3.65. The Bertz CT molecular complexity index is 558. The van der Waals surface area contributed by atoms with E-state index >= 15 is 0 Å². The van der Waals surface area contributed by atoms with Crippen molar-refractivity contribution in [1.29, 1.82) is 0 Å². The minimum absolute atomic E-state index is 0.189. The van der Waals surface area contributed by atoms with Crippen molar-refractivity contribution in [3.8, 4) is 0 Å². The molecule has 2 N–H and O–H groups in total. The third kappa shape index (κ3) is 2.88. The molecule has 0 radical (unpaired) electrons. The van der Waals surface area contributed by atoms with Gasteiger partial charge in [-0.15, -0.1) is 0 Å². The van der Waals surface area contributed by atoms with Gasteiger partial charge in [-0.3, -0.25) is 4.79 Å². The minimum atomic E-state index is -0.756. The van der Waals surface area contributed by atoms with Crippen molar-refractivity contribution >= 4 is 17.0 Å². The highest BCUT2D eigenvalue weighted by molar-refractivity contribution is 5.76. The summed E-state index contributed by atoms with van der Waals surface area (Å²) in [4.78, 5) is 18.2. The Balaban J connectivity index is 2.14. The van der Waals surface area contributed by atoms with Crippen LogP contribution in [0.15, 0.2) is 18.2 Å². The molecule has 0 unspecified atom stereocenters. The highest BCUT2D eigenvalue weighted by Gasteiger charge is 2.06. The summed E-state index contributed by atoms with van der Waals surface area (Å²) in [6.45, 7) is 4.32. The summed E-state index contributed by atoms with van der Waals surface area (Å²) >= 11 is 0. The SMILES string of the molecule is CC(C)c1ccc2nc(CCCC(=O)O)[nH]c2c1. The summed E-state index contributed by atoms with van der Waals surface area (Å²) in [7, 11) is 0. The molecule has 0 atom stereocenters. The van der Waals surface area contributed by atoms with Crippen LogP contribution < -0.4 is 0 Å². The highest BCUT2D eigenvalue weighted by Crippen LogP contribution is 2.20. The third-order valence-corrected chi connectivity index (χ3v) is 3.03. The summed E-state index contributed by atoms with van der Waals surface area (Å²) in [5, 5.41) is 8.60. The Morgan fingerprint density at radius 1 is 1.44 bits per heavy atom. The number of aromatic amines is 1. The van der Waals surface area contributed by atoms with E-state index in [-0.39, 0.29) is 6.42 Å². The standard InChI is InChI=1S/C14H18N2O2/c1-9(2)10-6-7-11-12(8-10)16-13(15-11)4-3-5-14(17)18/h6-9H,3-5H2,1-2H3,(H,15,16)(H,17,18). The molecular weight excluding hydrogens is 228 g/mol. The first-order chi connectivity index (χ1) is 8.56. The molecule has 4 heteroatoms. The maximum Gasteiger partial charge on any atom is 0.303 e. The lowest BCUT2D eigenvalue weighted by atomic mass is 10.0. The zero-order chi connectivity index (χ0) is 13.1. The van der Waals surface area contributed by atoms with Crippen LogP contribution in [0.1, 0.15) is 44.0 Å². The summed E-state index contributed by atoms with van der Waals surface area (Å²) in [5.41, 5.74) is 3.26. The summed E-state index contributed by atoms with van der Waals surface area (Å²) in [5.74, 6) is 0.605. The van der Waals surface area contributed by atoms with E-state index in [0.717, 1.165) is 16.9 Å². The summed E-state index contributed by atoms with van der Waals surface area (Å²) in [6, 6.07) is 6.23. The van der Waals surface area contributed by atoms with Crippen molar-refractivity contribution in [3.63, 3.8) is 0 Å². The van der Waals surface area contributed by atoms with Gasteiger partial charge in [-0.25, -0.2) is 4.98 Å². The summed E-state index contributed by atoms with van der Waals surface area (Å²) < 4.78 is 0. The average Bonchev–Trinajstić information content (AvgIpc) is 2.69. The molecule has 2 rings (SSSR count). The van der Waals surface area contributed by atoms with E-state index in [1.54, 1.807) is 0 Å². The lowest BCUT2D eigenvalue weighted by molar-refractivity contribution is -0.137. The van der Waals surface area contributed by atoms with Gasteiger partial charge in [0, 0.05) is 12.8 Å². The van der Waals surface area contributed by atoms with Gasteiger partial charge in [0.2, 0.25) is 0 Å². The normalized spacial score (nSPS) is 11.3. The zero-order valence-corrected chi connectivity index (χ0v) is 10.7. The molecule has 18 heavy (non-hydrogen) atoms. The Hall–Kier alpha value is -1.84. The molecule has 4 nitrogen and oxygen atoms in total. The largest absolute Gasteiger partial charge is 0.481 e. The molecule has 0 fully saturated rings. The Morgan fingerprint density at radius 3 is 2.89 bits per heavy atom. The molecule has 0 saturated carbocycles. The number of carboxylic acid groups (broad SMARTS) is 1. The Labute approximate surface area is 106 Å². The minimum Gasteiger partial charge on any atom is -0.481 e. The molecule has 0 aliphatic heterocycles. The Morgan fingerprint density at radius 2 is 2.22 bits per heavy atom. The first kappa shape index (κ1) is 12.6. The predicted octanol–water partition coefficient (Wildman–Crippen LogP) is 3.09. The zero-order valence-electron chi connectivity index (χ0n) is 10.7. The highest BCUT2D eigenvalue weighted by atomic mass is 16.4. The number of aliphatic carboxylic acids is 1. The van der Waals surface area contributed by atoms with E-state index in [9.17, 15) is 4.79 Å². The van der Waals surface area contributed by atoms with E-state index in [0.29, 0.717) is 18.8 Å². The fourth-order valence-corrected chi connectivity index (χ4v) is 1.96. The van der Waals surface area contributed by atoms with Crippen LogP contribution in [0.25, 0.3) is 11.0 Å². The molecule has 0 bridgehead atoms.